The number of aryl methyl sites for hydroxylation is 2. The molecule has 0 heterocycles. The maximum atomic E-state index is 14.6. The molecule has 0 spiro atoms. The number of nitrogens with one attached hydrogen (secondary N) is 1. The Morgan fingerprint density at radius 1 is 0.826 bits per heavy atom. The maximum absolute atomic E-state index is 14.6. The Hall–Kier alpha value is -3.85. The van der Waals surface area contributed by atoms with Gasteiger partial charge < -0.3 is 10.2 Å². The first kappa shape index (κ1) is 35.0. The molecule has 0 saturated carbocycles. The van der Waals surface area contributed by atoms with Crippen LogP contribution in [0.5, 0.6) is 0 Å². The van der Waals surface area contributed by atoms with Crippen molar-refractivity contribution in [3.63, 3.8) is 0 Å². The lowest BCUT2D eigenvalue weighted by molar-refractivity contribution is -0.140. The molecule has 4 aromatic rings. The van der Waals surface area contributed by atoms with Gasteiger partial charge in [0.05, 0.1) is 20.6 Å². The van der Waals surface area contributed by atoms with Crippen molar-refractivity contribution in [3.8, 4) is 0 Å². The van der Waals surface area contributed by atoms with Gasteiger partial charge in [-0.2, -0.15) is 0 Å². The van der Waals surface area contributed by atoms with Gasteiger partial charge in [-0.3, -0.25) is 13.9 Å². The molecule has 242 valence electrons. The molecule has 7 nitrogen and oxygen atoms in total. The van der Waals surface area contributed by atoms with Crippen molar-refractivity contribution in [2.45, 2.75) is 64.1 Å². The van der Waals surface area contributed by atoms with Crippen molar-refractivity contribution < 1.29 is 18.0 Å². The summed E-state index contributed by atoms with van der Waals surface area (Å²) in [5.41, 5.74) is 3.40. The fourth-order valence-corrected chi connectivity index (χ4v) is 6.86. The maximum Gasteiger partial charge on any atom is 0.264 e. The molecule has 2 amide bonds. The van der Waals surface area contributed by atoms with E-state index in [-0.39, 0.29) is 29.8 Å². The number of carbonyl (C=O) groups is 2. The van der Waals surface area contributed by atoms with E-state index >= 15 is 0 Å². The molecule has 0 aromatic heterocycles. The minimum Gasteiger partial charge on any atom is -0.352 e. The number of halogens is 2. The first-order valence-electron chi connectivity index (χ1n) is 15.1. The second-order valence-electron chi connectivity index (χ2n) is 11.4. The molecule has 0 bridgehead atoms. The summed E-state index contributed by atoms with van der Waals surface area (Å²) in [6.07, 6.45) is 0.908. The predicted molar refractivity (Wildman–Crippen MR) is 186 cm³/mol. The smallest absolute Gasteiger partial charge is 0.264 e. The van der Waals surface area contributed by atoms with E-state index in [0.717, 1.165) is 15.4 Å². The summed E-state index contributed by atoms with van der Waals surface area (Å²) in [6, 6.07) is 26.8. The molecule has 46 heavy (non-hydrogen) atoms. The van der Waals surface area contributed by atoms with Crippen LogP contribution in [0.1, 0.15) is 42.5 Å². The number of hydrogen-bond donors (Lipinski definition) is 1. The molecule has 0 radical (unpaired) electrons. The van der Waals surface area contributed by atoms with Crippen LogP contribution in [-0.2, 0) is 32.6 Å². The lowest BCUT2D eigenvalue weighted by atomic mass is 10.0. The van der Waals surface area contributed by atoms with Gasteiger partial charge in [0, 0.05) is 19.0 Å². The SMILES string of the molecule is CC[C@@H](C)NC(=O)[C@H](Cc1ccccc1)N(Cc1ccc(Cl)c(Cl)c1)C(=O)CN(c1cc(C)ccc1C)S(=O)(=O)c1ccccc1. The number of sulfonamides is 1. The number of carbonyl (C=O) groups excluding carboxylic acids is 2. The highest BCUT2D eigenvalue weighted by Gasteiger charge is 2.35. The van der Waals surface area contributed by atoms with Gasteiger partial charge in [0.25, 0.3) is 10.0 Å². The fourth-order valence-electron chi connectivity index (χ4n) is 5.05. The number of rotatable bonds is 13. The van der Waals surface area contributed by atoms with Crippen LogP contribution >= 0.6 is 23.2 Å². The topological polar surface area (TPSA) is 86.8 Å². The van der Waals surface area contributed by atoms with Gasteiger partial charge in [-0.15, -0.1) is 0 Å². The Labute approximate surface area is 282 Å². The second kappa shape index (κ2) is 15.6. The Bertz CT molecular complexity index is 1770. The van der Waals surface area contributed by atoms with Crippen LogP contribution in [0.25, 0.3) is 0 Å². The zero-order valence-electron chi connectivity index (χ0n) is 26.4. The van der Waals surface area contributed by atoms with Crippen LogP contribution in [0.3, 0.4) is 0 Å². The zero-order chi connectivity index (χ0) is 33.4. The van der Waals surface area contributed by atoms with E-state index in [1.165, 1.54) is 17.0 Å². The van der Waals surface area contributed by atoms with Crippen LogP contribution in [-0.4, -0.2) is 43.8 Å². The Morgan fingerprint density at radius 3 is 2.11 bits per heavy atom. The normalized spacial score (nSPS) is 12.7. The minimum absolute atomic E-state index is 0.00677. The first-order chi connectivity index (χ1) is 21.9. The lowest BCUT2D eigenvalue weighted by Crippen LogP contribution is -2.54. The van der Waals surface area contributed by atoms with Crippen LogP contribution < -0.4 is 9.62 Å². The second-order valence-corrected chi connectivity index (χ2v) is 14.1. The molecule has 0 aliphatic rings. The quantitative estimate of drug-likeness (QED) is 0.160. The molecular weight excluding hydrogens is 641 g/mol. The molecule has 0 aliphatic carbocycles. The number of hydrogen-bond acceptors (Lipinski definition) is 4. The molecule has 0 fully saturated rings. The zero-order valence-corrected chi connectivity index (χ0v) is 28.7. The van der Waals surface area contributed by atoms with Gasteiger partial charge in [0.1, 0.15) is 12.6 Å². The number of benzene rings is 4. The summed E-state index contributed by atoms with van der Waals surface area (Å²) in [5, 5.41) is 3.70. The fraction of sp³-hybridized carbons (Fsp3) is 0.278. The number of amides is 2. The Kier molecular flexibility index (Phi) is 11.9. The molecule has 10 heteroatoms. The molecule has 1 N–H and O–H groups in total. The van der Waals surface area contributed by atoms with E-state index in [2.05, 4.69) is 5.32 Å². The van der Waals surface area contributed by atoms with Gasteiger partial charge >= 0.3 is 0 Å². The van der Waals surface area contributed by atoms with Gasteiger partial charge in [-0.05, 0) is 79.8 Å². The van der Waals surface area contributed by atoms with E-state index in [9.17, 15) is 18.0 Å². The molecule has 0 saturated heterocycles. The largest absolute Gasteiger partial charge is 0.352 e. The number of nitrogens with zero attached hydrogens (tertiary/aromatic N) is 2. The first-order valence-corrected chi connectivity index (χ1v) is 17.3. The van der Waals surface area contributed by atoms with E-state index in [1.807, 2.05) is 63.2 Å². The molecule has 4 aromatic carbocycles. The predicted octanol–water partition coefficient (Wildman–Crippen LogP) is 7.36. The van der Waals surface area contributed by atoms with Crippen molar-refractivity contribution in [2.75, 3.05) is 10.8 Å². The van der Waals surface area contributed by atoms with Crippen LogP contribution in [0, 0.1) is 13.8 Å². The average molecular weight is 681 g/mol. The molecule has 4 rings (SSSR count). The average Bonchev–Trinajstić information content (AvgIpc) is 3.05. The Balaban J connectivity index is 1.85. The van der Waals surface area contributed by atoms with Crippen molar-refractivity contribution in [3.05, 3.63) is 129 Å². The molecular formula is C36H39Cl2N3O4S. The highest BCUT2D eigenvalue weighted by Crippen LogP contribution is 2.29. The summed E-state index contributed by atoms with van der Waals surface area (Å²) in [4.78, 5) is 30.1. The van der Waals surface area contributed by atoms with Crippen molar-refractivity contribution in [1.29, 1.82) is 0 Å². The van der Waals surface area contributed by atoms with Gasteiger partial charge in [0.15, 0.2) is 0 Å². The van der Waals surface area contributed by atoms with E-state index in [1.54, 1.807) is 49.4 Å². The van der Waals surface area contributed by atoms with Crippen molar-refractivity contribution in [1.82, 2.24) is 10.2 Å². The van der Waals surface area contributed by atoms with Crippen LogP contribution in [0.4, 0.5) is 5.69 Å². The third-order valence-corrected chi connectivity index (χ3v) is 10.4. The summed E-state index contributed by atoms with van der Waals surface area (Å²) >= 11 is 12.6. The Morgan fingerprint density at radius 2 is 1.48 bits per heavy atom. The summed E-state index contributed by atoms with van der Waals surface area (Å²) in [5.74, 6) is -0.887. The summed E-state index contributed by atoms with van der Waals surface area (Å²) in [6.45, 7) is 6.99. The molecule has 0 unspecified atom stereocenters. The highest BCUT2D eigenvalue weighted by molar-refractivity contribution is 7.92. The lowest BCUT2D eigenvalue weighted by Gasteiger charge is -2.34. The highest BCUT2D eigenvalue weighted by atomic mass is 35.5. The van der Waals surface area contributed by atoms with Gasteiger partial charge in [0.2, 0.25) is 11.8 Å². The van der Waals surface area contributed by atoms with E-state index in [4.69, 9.17) is 23.2 Å². The number of anilines is 1. The van der Waals surface area contributed by atoms with Crippen molar-refractivity contribution >= 4 is 50.7 Å². The summed E-state index contributed by atoms with van der Waals surface area (Å²) in [7, 11) is -4.19. The molecule has 2 atom stereocenters. The van der Waals surface area contributed by atoms with Gasteiger partial charge in [-0.1, -0.05) is 96.9 Å². The van der Waals surface area contributed by atoms with Gasteiger partial charge in [-0.25, -0.2) is 8.42 Å². The monoisotopic (exact) mass is 679 g/mol. The standard InChI is InChI=1S/C36H39Cl2N3O4S/c1-5-27(4)39-36(43)34(22-28-12-8-6-9-13-28)40(23-29-18-19-31(37)32(38)21-29)35(42)24-41(33-20-25(2)16-17-26(33)3)46(44,45)30-14-10-7-11-15-30/h6-21,27,34H,5,22-24H2,1-4H3,(H,39,43)/t27-,34+/m1/s1. The van der Waals surface area contributed by atoms with E-state index < -0.39 is 28.5 Å². The third kappa shape index (κ3) is 8.69. The molecule has 0 aliphatic heterocycles. The van der Waals surface area contributed by atoms with Crippen LogP contribution in [0.2, 0.25) is 10.0 Å². The summed E-state index contributed by atoms with van der Waals surface area (Å²) < 4.78 is 29.6. The van der Waals surface area contributed by atoms with Crippen molar-refractivity contribution in [2.24, 2.45) is 0 Å². The van der Waals surface area contributed by atoms with E-state index in [0.29, 0.717) is 33.3 Å². The third-order valence-electron chi connectivity index (χ3n) is 7.85. The minimum atomic E-state index is -4.19. The van der Waals surface area contributed by atoms with Crippen LogP contribution in [0.15, 0.2) is 102 Å².